The van der Waals surface area contributed by atoms with Crippen LogP contribution < -0.4 is 5.32 Å². The molecule has 2 aromatic carbocycles. The van der Waals surface area contributed by atoms with E-state index in [1.807, 2.05) is 43.3 Å². The Morgan fingerprint density at radius 3 is 2.17 bits per heavy atom. The molecule has 0 saturated carbocycles. The van der Waals surface area contributed by atoms with Crippen molar-refractivity contribution in [2.45, 2.75) is 32.2 Å². The van der Waals surface area contributed by atoms with Crippen LogP contribution in [0.25, 0.3) is 11.1 Å². The molecular weight excluding hydrogens is 384 g/mol. The molecule has 158 valence electrons. The monoisotopic (exact) mass is 410 g/mol. The van der Waals surface area contributed by atoms with Gasteiger partial charge in [-0.2, -0.15) is 0 Å². The maximum absolute atomic E-state index is 12.5. The Kier molecular flexibility index (Phi) is 6.72. The third-order valence-corrected chi connectivity index (χ3v) is 5.18. The van der Waals surface area contributed by atoms with E-state index in [4.69, 9.17) is 9.84 Å². The summed E-state index contributed by atoms with van der Waals surface area (Å²) in [5.74, 6) is -1.62. The molecule has 2 N–H and O–H groups in total. The van der Waals surface area contributed by atoms with Crippen LogP contribution in [-0.4, -0.2) is 53.7 Å². The zero-order valence-corrected chi connectivity index (χ0v) is 17.1. The standard InChI is InChI=1S/C23H26N2O5/c1-3-12-25(13-21(26)27)22(28)15(2)24-23(29)30-14-20-18-10-6-4-8-16(18)17-9-5-7-11-19(17)20/h4-11,15,20H,3,12-14H2,1-2H3,(H,24,29)(H,26,27)/t15-/m1/s1. The smallest absolute Gasteiger partial charge is 0.407 e. The number of hydrogen-bond donors (Lipinski definition) is 2. The highest BCUT2D eigenvalue weighted by molar-refractivity contribution is 5.87. The number of carbonyl (C=O) groups excluding carboxylic acids is 2. The molecule has 1 aliphatic carbocycles. The predicted molar refractivity (Wildman–Crippen MR) is 112 cm³/mol. The van der Waals surface area contributed by atoms with Crippen molar-refractivity contribution in [1.82, 2.24) is 10.2 Å². The van der Waals surface area contributed by atoms with Gasteiger partial charge in [0.15, 0.2) is 0 Å². The summed E-state index contributed by atoms with van der Waals surface area (Å²) in [6.07, 6.45) is -0.0825. The normalized spacial score (nSPS) is 13.1. The van der Waals surface area contributed by atoms with Crippen LogP contribution in [0.4, 0.5) is 4.79 Å². The van der Waals surface area contributed by atoms with Gasteiger partial charge in [-0.1, -0.05) is 55.5 Å². The summed E-state index contributed by atoms with van der Waals surface area (Å²) in [6.45, 7) is 3.43. The summed E-state index contributed by atoms with van der Waals surface area (Å²) < 4.78 is 5.44. The molecule has 3 rings (SSSR count). The Hall–Kier alpha value is -3.35. The van der Waals surface area contributed by atoms with Crippen LogP contribution in [0.15, 0.2) is 48.5 Å². The fraction of sp³-hybridized carbons (Fsp3) is 0.348. The quantitative estimate of drug-likeness (QED) is 0.697. The SMILES string of the molecule is CCCN(CC(=O)O)C(=O)[C@@H](C)NC(=O)OCC1c2ccccc2-c2ccccc21. The van der Waals surface area contributed by atoms with Gasteiger partial charge in [0.05, 0.1) is 0 Å². The van der Waals surface area contributed by atoms with Crippen molar-refractivity contribution < 1.29 is 24.2 Å². The first-order valence-electron chi connectivity index (χ1n) is 10.0. The van der Waals surface area contributed by atoms with Crippen LogP contribution in [0.1, 0.15) is 37.3 Å². The van der Waals surface area contributed by atoms with E-state index < -0.39 is 30.6 Å². The lowest BCUT2D eigenvalue weighted by Crippen LogP contribution is -2.48. The minimum absolute atomic E-state index is 0.0715. The van der Waals surface area contributed by atoms with Gasteiger partial charge in [-0.15, -0.1) is 0 Å². The number of carbonyl (C=O) groups is 3. The van der Waals surface area contributed by atoms with E-state index in [1.165, 1.54) is 11.8 Å². The molecule has 1 atom stereocenters. The van der Waals surface area contributed by atoms with Crippen molar-refractivity contribution in [3.8, 4) is 11.1 Å². The van der Waals surface area contributed by atoms with Crippen molar-refractivity contribution in [3.63, 3.8) is 0 Å². The number of carboxylic acid groups (broad SMARTS) is 1. The number of nitrogens with one attached hydrogen (secondary N) is 1. The van der Waals surface area contributed by atoms with Gasteiger partial charge < -0.3 is 20.1 Å². The summed E-state index contributed by atoms with van der Waals surface area (Å²) in [6, 6.07) is 15.2. The number of aliphatic carboxylic acids is 1. The van der Waals surface area contributed by atoms with Gasteiger partial charge in [-0.05, 0) is 35.6 Å². The zero-order chi connectivity index (χ0) is 21.7. The van der Waals surface area contributed by atoms with Crippen molar-refractivity contribution in [2.24, 2.45) is 0 Å². The Morgan fingerprint density at radius 1 is 1.07 bits per heavy atom. The molecule has 0 fully saturated rings. The predicted octanol–water partition coefficient (Wildman–Crippen LogP) is 3.24. The second-order valence-electron chi connectivity index (χ2n) is 7.35. The number of fused-ring (bicyclic) bond motifs is 3. The molecule has 0 unspecified atom stereocenters. The molecule has 0 aliphatic heterocycles. The highest BCUT2D eigenvalue weighted by Crippen LogP contribution is 2.44. The molecule has 0 bridgehead atoms. The van der Waals surface area contributed by atoms with E-state index in [2.05, 4.69) is 17.4 Å². The van der Waals surface area contributed by atoms with Crippen LogP contribution in [0.2, 0.25) is 0 Å². The largest absolute Gasteiger partial charge is 0.480 e. The van der Waals surface area contributed by atoms with Gasteiger partial charge in [0.1, 0.15) is 19.2 Å². The van der Waals surface area contributed by atoms with Crippen molar-refractivity contribution in [3.05, 3.63) is 59.7 Å². The lowest BCUT2D eigenvalue weighted by atomic mass is 9.98. The Bertz CT molecular complexity index is 897. The minimum atomic E-state index is -1.09. The first-order chi connectivity index (χ1) is 14.4. The Labute approximate surface area is 175 Å². The van der Waals surface area contributed by atoms with Gasteiger partial charge in [-0.25, -0.2) is 4.79 Å². The number of hydrogen-bond acceptors (Lipinski definition) is 4. The maximum Gasteiger partial charge on any atom is 0.407 e. The second-order valence-corrected chi connectivity index (χ2v) is 7.35. The van der Waals surface area contributed by atoms with Gasteiger partial charge >= 0.3 is 12.1 Å². The minimum Gasteiger partial charge on any atom is -0.480 e. The number of amides is 2. The van der Waals surface area contributed by atoms with E-state index in [9.17, 15) is 14.4 Å². The van der Waals surface area contributed by atoms with Crippen molar-refractivity contribution in [1.29, 1.82) is 0 Å². The number of rotatable bonds is 8. The van der Waals surface area contributed by atoms with Crippen LogP contribution >= 0.6 is 0 Å². The van der Waals surface area contributed by atoms with Crippen LogP contribution in [-0.2, 0) is 14.3 Å². The number of ether oxygens (including phenoxy) is 1. The first-order valence-corrected chi connectivity index (χ1v) is 10.0. The molecule has 7 nitrogen and oxygen atoms in total. The fourth-order valence-corrected chi connectivity index (χ4v) is 3.85. The number of benzene rings is 2. The van der Waals surface area contributed by atoms with Gasteiger partial charge in [0.2, 0.25) is 5.91 Å². The summed E-state index contributed by atoms with van der Waals surface area (Å²) in [5, 5.41) is 11.5. The molecule has 2 amide bonds. The number of nitrogens with zero attached hydrogens (tertiary/aromatic N) is 1. The second kappa shape index (κ2) is 9.43. The lowest BCUT2D eigenvalue weighted by molar-refractivity contribution is -0.145. The lowest BCUT2D eigenvalue weighted by Gasteiger charge is -2.24. The van der Waals surface area contributed by atoms with Crippen LogP contribution in [0, 0.1) is 0 Å². The average molecular weight is 410 g/mol. The molecule has 0 heterocycles. The van der Waals surface area contributed by atoms with E-state index in [0.717, 1.165) is 22.3 Å². The van der Waals surface area contributed by atoms with E-state index >= 15 is 0 Å². The van der Waals surface area contributed by atoms with E-state index in [1.54, 1.807) is 0 Å². The molecule has 0 spiro atoms. The average Bonchev–Trinajstić information content (AvgIpc) is 3.05. The highest BCUT2D eigenvalue weighted by Gasteiger charge is 2.30. The molecule has 0 radical (unpaired) electrons. The van der Waals surface area contributed by atoms with Gasteiger partial charge in [0.25, 0.3) is 0 Å². The summed E-state index contributed by atoms with van der Waals surface area (Å²) in [5.41, 5.74) is 4.47. The Morgan fingerprint density at radius 2 is 1.63 bits per heavy atom. The number of alkyl carbamates (subject to hydrolysis) is 1. The third-order valence-electron chi connectivity index (χ3n) is 5.18. The molecule has 1 aliphatic rings. The highest BCUT2D eigenvalue weighted by atomic mass is 16.5. The molecule has 30 heavy (non-hydrogen) atoms. The zero-order valence-electron chi connectivity index (χ0n) is 17.1. The summed E-state index contributed by atoms with van der Waals surface area (Å²) in [7, 11) is 0. The van der Waals surface area contributed by atoms with Crippen LogP contribution in [0.3, 0.4) is 0 Å². The fourth-order valence-electron chi connectivity index (χ4n) is 3.85. The summed E-state index contributed by atoms with van der Waals surface area (Å²) in [4.78, 5) is 37.0. The number of carboxylic acids is 1. The molecule has 7 heteroatoms. The van der Waals surface area contributed by atoms with E-state index in [0.29, 0.717) is 13.0 Å². The molecule has 2 aromatic rings. The summed E-state index contributed by atoms with van der Waals surface area (Å²) >= 11 is 0. The molecular formula is C23H26N2O5. The Balaban J connectivity index is 1.62. The maximum atomic E-state index is 12.5. The molecule has 0 saturated heterocycles. The van der Waals surface area contributed by atoms with E-state index in [-0.39, 0.29) is 12.5 Å². The third kappa shape index (κ3) is 4.62. The first kappa shape index (κ1) is 21.4. The van der Waals surface area contributed by atoms with Crippen molar-refractivity contribution >= 4 is 18.0 Å². The topological polar surface area (TPSA) is 95.9 Å². The molecule has 0 aromatic heterocycles. The van der Waals surface area contributed by atoms with Gasteiger partial charge in [0, 0.05) is 12.5 Å². The van der Waals surface area contributed by atoms with Crippen LogP contribution in [0.5, 0.6) is 0 Å². The van der Waals surface area contributed by atoms with Gasteiger partial charge in [-0.3, -0.25) is 9.59 Å². The van der Waals surface area contributed by atoms with Crippen molar-refractivity contribution in [2.75, 3.05) is 19.7 Å².